The molecule has 1 fully saturated rings. The number of amides is 1. The Balaban J connectivity index is 1.23. The second-order valence-electron chi connectivity index (χ2n) is 9.70. The van der Waals surface area contributed by atoms with Crippen LogP contribution >= 0.6 is 11.9 Å². The van der Waals surface area contributed by atoms with Crippen molar-refractivity contribution in [1.29, 1.82) is 0 Å². The van der Waals surface area contributed by atoms with Crippen LogP contribution in [0.15, 0.2) is 102 Å². The Morgan fingerprint density at radius 1 is 0.878 bits per heavy atom. The van der Waals surface area contributed by atoms with Crippen molar-refractivity contribution in [2.75, 3.05) is 18.4 Å². The molecule has 0 saturated carbocycles. The van der Waals surface area contributed by atoms with Crippen LogP contribution in [0.4, 0.5) is 18.9 Å². The summed E-state index contributed by atoms with van der Waals surface area (Å²) in [5, 5.41) is 2.95. The van der Waals surface area contributed by atoms with E-state index >= 15 is 0 Å². The van der Waals surface area contributed by atoms with Crippen molar-refractivity contribution in [2.24, 2.45) is 0 Å². The molecule has 4 aromatic rings. The molecular weight excluding hydrogens is 549 g/mol. The maximum absolute atomic E-state index is 13.4. The van der Waals surface area contributed by atoms with Gasteiger partial charge in [-0.05, 0) is 90.9 Å². The minimum atomic E-state index is -4.77. The van der Waals surface area contributed by atoms with Gasteiger partial charge in [0.1, 0.15) is 17.6 Å². The Morgan fingerprint density at radius 2 is 1.59 bits per heavy atom. The third-order valence-electron chi connectivity index (χ3n) is 6.67. The number of carbonyl (C=O) groups is 1. The lowest BCUT2D eigenvalue weighted by Gasteiger charge is -2.31. The number of piperidine rings is 1. The van der Waals surface area contributed by atoms with Crippen molar-refractivity contribution in [3.63, 3.8) is 0 Å². The highest BCUT2D eigenvalue weighted by Crippen LogP contribution is 2.32. The van der Waals surface area contributed by atoms with E-state index in [-0.39, 0.29) is 17.8 Å². The van der Waals surface area contributed by atoms with Crippen molar-refractivity contribution in [2.45, 2.75) is 37.1 Å². The summed E-state index contributed by atoms with van der Waals surface area (Å²) in [6, 6.07) is 28.4. The molecule has 212 valence electrons. The van der Waals surface area contributed by atoms with E-state index in [1.54, 1.807) is 30.1 Å². The van der Waals surface area contributed by atoms with E-state index in [0.29, 0.717) is 28.1 Å². The Labute approximate surface area is 241 Å². The molecule has 0 aromatic heterocycles. The molecule has 1 aliphatic heterocycles. The van der Waals surface area contributed by atoms with Gasteiger partial charge < -0.3 is 14.8 Å². The normalized spacial score (nSPS) is 14.4. The molecule has 1 aliphatic rings. The van der Waals surface area contributed by atoms with E-state index in [0.717, 1.165) is 31.5 Å². The van der Waals surface area contributed by atoms with Gasteiger partial charge in [0.25, 0.3) is 5.91 Å². The van der Waals surface area contributed by atoms with Crippen LogP contribution in [0.3, 0.4) is 0 Å². The average Bonchev–Trinajstić information content (AvgIpc) is 2.94. The number of nitrogens with zero attached hydrogens (tertiary/aromatic N) is 1. The van der Waals surface area contributed by atoms with Gasteiger partial charge in [-0.1, -0.05) is 48.5 Å². The van der Waals surface area contributed by atoms with Crippen molar-refractivity contribution in [3.05, 3.63) is 108 Å². The third-order valence-corrected chi connectivity index (χ3v) is 7.77. The fraction of sp³-hybridized carbons (Fsp3) is 0.219. The monoisotopic (exact) mass is 578 g/mol. The zero-order chi connectivity index (χ0) is 28.8. The van der Waals surface area contributed by atoms with Crippen LogP contribution < -0.4 is 14.8 Å². The summed E-state index contributed by atoms with van der Waals surface area (Å²) < 4.78 is 50.3. The second-order valence-corrected chi connectivity index (χ2v) is 10.9. The molecule has 5 rings (SSSR count). The molecule has 0 radical (unpaired) electrons. The Kier molecular flexibility index (Phi) is 8.85. The molecule has 0 aliphatic carbocycles. The number of benzene rings is 4. The molecule has 9 heteroatoms. The van der Waals surface area contributed by atoms with Crippen molar-refractivity contribution >= 4 is 23.5 Å². The summed E-state index contributed by atoms with van der Waals surface area (Å²) in [5.74, 6) is 0.0302. The third kappa shape index (κ3) is 7.83. The number of carbonyl (C=O) groups excluding carboxylic acids is 1. The minimum Gasteiger partial charge on any atom is -0.490 e. The molecule has 0 bridgehead atoms. The molecule has 5 nitrogen and oxygen atoms in total. The highest BCUT2D eigenvalue weighted by atomic mass is 32.2. The van der Waals surface area contributed by atoms with Gasteiger partial charge in [0.05, 0.1) is 0 Å². The summed E-state index contributed by atoms with van der Waals surface area (Å²) in [6.45, 7) is 3.69. The molecular formula is C32H29F3N2O3S. The Morgan fingerprint density at radius 3 is 2.29 bits per heavy atom. The van der Waals surface area contributed by atoms with Crippen LogP contribution in [0.25, 0.3) is 11.1 Å². The number of alkyl halides is 3. The lowest BCUT2D eigenvalue weighted by Crippen LogP contribution is -2.34. The second kappa shape index (κ2) is 12.7. The van der Waals surface area contributed by atoms with Gasteiger partial charge in [0.2, 0.25) is 0 Å². The highest BCUT2D eigenvalue weighted by molar-refractivity contribution is 7.97. The smallest absolute Gasteiger partial charge is 0.490 e. The van der Waals surface area contributed by atoms with Gasteiger partial charge in [-0.15, -0.1) is 13.2 Å². The standard InChI is InChI=1S/C32H29F3N2O3S/c1-22-7-5-12-29(30(22)23-13-15-26(16-14-23)40-32(33,34)35)31(38)36-24-8-6-9-27(21-24)39-25-17-19-37(20-18-25)41-28-10-3-2-4-11-28/h2-16,21,25H,17-20H2,1H3,(H,36,38). The van der Waals surface area contributed by atoms with E-state index in [9.17, 15) is 18.0 Å². The maximum Gasteiger partial charge on any atom is 0.573 e. The number of aryl methyl sites for hydroxylation is 1. The van der Waals surface area contributed by atoms with Crippen molar-refractivity contribution in [1.82, 2.24) is 4.31 Å². The molecule has 0 spiro atoms. The summed E-state index contributed by atoms with van der Waals surface area (Å²) in [5.41, 5.74) is 3.05. The van der Waals surface area contributed by atoms with Gasteiger partial charge >= 0.3 is 6.36 Å². The van der Waals surface area contributed by atoms with E-state index < -0.39 is 6.36 Å². The zero-order valence-electron chi connectivity index (χ0n) is 22.4. The first kappa shape index (κ1) is 28.6. The molecule has 41 heavy (non-hydrogen) atoms. The molecule has 1 N–H and O–H groups in total. The van der Waals surface area contributed by atoms with Crippen LogP contribution in [-0.4, -0.2) is 35.8 Å². The average molecular weight is 579 g/mol. The number of nitrogens with one attached hydrogen (secondary N) is 1. The number of halogens is 3. The van der Waals surface area contributed by atoms with Crippen LogP contribution in [0.5, 0.6) is 11.5 Å². The molecule has 0 atom stereocenters. The fourth-order valence-corrected chi connectivity index (χ4v) is 5.74. The molecule has 1 amide bonds. The number of rotatable bonds is 8. The fourth-order valence-electron chi connectivity index (χ4n) is 4.77. The van der Waals surface area contributed by atoms with Gasteiger partial charge in [0, 0.05) is 35.3 Å². The Hall–Kier alpha value is -3.95. The predicted molar refractivity (Wildman–Crippen MR) is 155 cm³/mol. The Bertz CT molecular complexity index is 1470. The van der Waals surface area contributed by atoms with Crippen LogP contribution in [0.2, 0.25) is 0 Å². The first-order valence-corrected chi connectivity index (χ1v) is 14.0. The van der Waals surface area contributed by atoms with Gasteiger partial charge in [-0.2, -0.15) is 0 Å². The SMILES string of the molecule is Cc1cccc(C(=O)Nc2cccc(OC3CCN(Sc4ccccc4)CC3)c2)c1-c1ccc(OC(F)(F)F)cc1. The first-order chi connectivity index (χ1) is 19.7. The van der Waals surface area contributed by atoms with Crippen LogP contribution in [-0.2, 0) is 0 Å². The van der Waals surface area contributed by atoms with Crippen LogP contribution in [0.1, 0.15) is 28.8 Å². The van der Waals surface area contributed by atoms with Gasteiger partial charge in [-0.3, -0.25) is 4.79 Å². The van der Waals surface area contributed by atoms with E-state index in [1.165, 1.54) is 29.2 Å². The van der Waals surface area contributed by atoms with Crippen LogP contribution in [0, 0.1) is 6.92 Å². The van der Waals surface area contributed by atoms with E-state index in [4.69, 9.17) is 4.74 Å². The maximum atomic E-state index is 13.4. The van der Waals surface area contributed by atoms with E-state index in [1.807, 2.05) is 49.4 Å². The lowest BCUT2D eigenvalue weighted by atomic mass is 9.94. The zero-order valence-corrected chi connectivity index (χ0v) is 23.2. The number of hydrogen-bond acceptors (Lipinski definition) is 5. The number of hydrogen-bond donors (Lipinski definition) is 1. The summed E-state index contributed by atoms with van der Waals surface area (Å²) in [7, 11) is 0. The predicted octanol–water partition coefficient (Wildman–Crippen LogP) is 8.36. The van der Waals surface area contributed by atoms with Gasteiger partial charge in [0.15, 0.2) is 0 Å². The summed E-state index contributed by atoms with van der Waals surface area (Å²) >= 11 is 1.76. The summed E-state index contributed by atoms with van der Waals surface area (Å²) in [4.78, 5) is 14.6. The highest BCUT2D eigenvalue weighted by Gasteiger charge is 2.31. The topological polar surface area (TPSA) is 50.8 Å². The van der Waals surface area contributed by atoms with E-state index in [2.05, 4.69) is 26.5 Å². The first-order valence-electron chi connectivity index (χ1n) is 13.3. The van der Waals surface area contributed by atoms with Crippen molar-refractivity contribution in [3.8, 4) is 22.6 Å². The molecule has 1 saturated heterocycles. The number of anilines is 1. The minimum absolute atomic E-state index is 0.0845. The summed E-state index contributed by atoms with van der Waals surface area (Å²) in [6.07, 6.45) is -2.89. The van der Waals surface area contributed by atoms with Crippen molar-refractivity contribution < 1.29 is 27.4 Å². The number of ether oxygens (including phenoxy) is 2. The molecule has 0 unspecified atom stereocenters. The van der Waals surface area contributed by atoms with Gasteiger partial charge in [-0.25, -0.2) is 4.31 Å². The quantitative estimate of drug-likeness (QED) is 0.213. The molecule has 1 heterocycles. The molecule has 4 aromatic carbocycles. The largest absolute Gasteiger partial charge is 0.573 e. The lowest BCUT2D eigenvalue weighted by molar-refractivity contribution is -0.274.